The molecule has 0 aromatic heterocycles. The van der Waals surface area contributed by atoms with E-state index in [2.05, 4.69) is 5.32 Å². The number of amides is 1. The van der Waals surface area contributed by atoms with Gasteiger partial charge in [-0.25, -0.2) is 8.42 Å². The molecule has 2 aromatic carbocycles. The average Bonchev–Trinajstić information content (AvgIpc) is 2.83. The fourth-order valence-electron chi connectivity index (χ4n) is 3.96. The molecule has 1 fully saturated rings. The van der Waals surface area contributed by atoms with Crippen LogP contribution in [-0.2, 0) is 10.0 Å². The molecular weight excluding hydrogens is 432 g/mol. The first-order chi connectivity index (χ1) is 15.3. The Morgan fingerprint density at radius 2 is 1.66 bits per heavy atom. The van der Waals surface area contributed by atoms with E-state index >= 15 is 0 Å². The van der Waals surface area contributed by atoms with Crippen molar-refractivity contribution in [2.75, 3.05) is 33.2 Å². The second-order valence-corrected chi connectivity index (χ2v) is 9.46. The highest BCUT2D eigenvalue weighted by Crippen LogP contribution is 2.38. The molecule has 1 amide bonds. The number of carbonyl (C=O) groups excluding carboxylic acids is 1. The maximum atomic E-state index is 13.1. The van der Waals surface area contributed by atoms with Crippen molar-refractivity contribution >= 4 is 21.6 Å². The number of ether oxygens (including phenoxy) is 3. The largest absolute Gasteiger partial charge is 0.493 e. The van der Waals surface area contributed by atoms with Gasteiger partial charge in [0.15, 0.2) is 11.5 Å². The number of benzene rings is 2. The Kier molecular flexibility index (Phi) is 7.63. The molecule has 3 rings (SSSR count). The molecule has 1 aliphatic heterocycles. The summed E-state index contributed by atoms with van der Waals surface area (Å²) in [5.41, 5.74) is 0.795. The van der Waals surface area contributed by atoms with E-state index in [4.69, 9.17) is 14.2 Å². The van der Waals surface area contributed by atoms with Gasteiger partial charge in [-0.2, -0.15) is 4.31 Å². The van der Waals surface area contributed by atoms with Crippen LogP contribution in [0.5, 0.6) is 17.2 Å². The quantitative estimate of drug-likeness (QED) is 0.639. The Balaban J connectivity index is 1.79. The van der Waals surface area contributed by atoms with Gasteiger partial charge in [0.05, 0.1) is 26.2 Å². The zero-order valence-corrected chi connectivity index (χ0v) is 19.7. The molecule has 1 saturated heterocycles. The SMILES string of the molecule is CCC1CCCCN1S(=O)(=O)c1ccc(NC(=O)c2cc(OC)c(OC)c(OC)c2)cc1. The van der Waals surface area contributed by atoms with Crippen molar-refractivity contribution in [2.45, 2.75) is 43.5 Å². The summed E-state index contributed by atoms with van der Waals surface area (Å²) < 4.78 is 43.7. The van der Waals surface area contributed by atoms with Gasteiger partial charge in [-0.3, -0.25) is 4.79 Å². The normalized spacial score (nSPS) is 16.9. The minimum Gasteiger partial charge on any atom is -0.493 e. The molecule has 1 aliphatic rings. The summed E-state index contributed by atoms with van der Waals surface area (Å²) in [6.07, 6.45) is 3.61. The maximum Gasteiger partial charge on any atom is 0.255 e. The second-order valence-electron chi connectivity index (χ2n) is 7.57. The molecule has 8 nitrogen and oxygen atoms in total. The third-order valence-corrected chi connectivity index (χ3v) is 7.66. The first-order valence-electron chi connectivity index (χ1n) is 10.6. The number of rotatable bonds is 8. The monoisotopic (exact) mass is 462 g/mol. The maximum absolute atomic E-state index is 13.1. The van der Waals surface area contributed by atoms with Crippen LogP contribution in [0.15, 0.2) is 41.3 Å². The summed E-state index contributed by atoms with van der Waals surface area (Å²) in [5.74, 6) is 0.738. The van der Waals surface area contributed by atoms with E-state index < -0.39 is 10.0 Å². The lowest BCUT2D eigenvalue weighted by Gasteiger charge is -2.34. The number of nitrogens with one attached hydrogen (secondary N) is 1. The van der Waals surface area contributed by atoms with Crippen molar-refractivity contribution in [1.29, 1.82) is 0 Å². The van der Waals surface area contributed by atoms with Crippen LogP contribution in [0.25, 0.3) is 0 Å². The lowest BCUT2D eigenvalue weighted by Crippen LogP contribution is -2.43. The van der Waals surface area contributed by atoms with E-state index in [0.29, 0.717) is 35.0 Å². The molecule has 32 heavy (non-hydrogen) atoms. The molecule has 0 radical (unpaired) electrons. The van der Waals surface area contributed by atoms with Gasteiger partial charge in [0, 0.05) is 23.8 Å². The van der Waals surface area contributed by atoms with Crippen LogP contribution in [0, 0.1) is 0 Å². The van der Waals surface area contributed by atoms with Crippen LogP contribution < -0.4 is 19.5 Å². The predicted octanol–water partition coefficient (Wildman–Crippen LogP) is 3.92. The number of sulfonamides is 1. The van der Waals surface area contributed by atoms with Crippen molar-refractivity contribution in [3.63, 3.8) is 0 Å². The number of piperidine rings is 1. The van der Waals surface area contributed by atoms with Crippen LogP contribution >= 0.6 is 0 Å². The van der Waals surface area contributed by atoms with Crippen LogP contribution in [0.3, 0.4) is 0 Å². The number of carbonyl (C=O) groups is 1. The van der Waals surface area contributed by atoms with Gasteiger partial charge in [0.2, 0.25) is 15.8 Å². The summed E-state index contributed by atoms with van der Waals surface area (Å²) in [6, 6.07) is 9.38. The molecule has 174 valence electrons. The third kappa shape index (κ3) is 4.83. The van der Waals surface area contributed by atoms with Crippen LogP contribution in [0.4, 0.5) is 5.69 Å². The molecule has 9 heteroatoms. The smallest absolute Gasteiger partial charge is 0.255 e. The number of hydrogen-bond acceptors (Lipinski definition) is 6. The standard InChI is InChI=1S/C23H30N2O6S/c1-5-18-8-6-7-13-25(18)32(27,28)19-11-9-17(10-12-19)24-23(26)16-14-20(29-2)22(31-4)21(15-16)30-3/h9-12,14-15,18H,5-8,13H2,1-4H3,(H,24,26). The Morgan fingerprint density at radius 1 is 1.03 bits per heavy atom. The van der Waals surface area contributed by atoms with Gasteiger partial charge in [-0.05, 0) is 55.7 Å². The molecule has 0 aliphatic carbocycles. The van der Waals surface area contributed by atoms with Crippen LogP contribution in [0.2, 0.25) is 0 Å². The topological polar surface area (TPSA) is 94.2 Å². The van der Waals surface area contributed by atoms with Gasteiger partial charge in [-0.1, -0.05) is 13.3 Å². The van der Waals surface area contributed by atoms with Crippen molar-refractivity contribution in [1.82, 2.24) is 4.31 Å². The molecule has 1 unspecified atom stereocenters. The number of hydrogen-bond donors (Lipinski definition) is 1. The average molecular weight is 463 g/mol. The molecular formula is C23H30N2O6S. The van der Waals surface area contributed by atoms with Crippen molar-refractivity contribution in [3.8, 4) is 17.2 Å². The van der Waals surface area contributed by atoms with Gasteiger partial charge in [0.25, 0.3) is 5.91 Å². The first-order valence-corrected chi connectivity index (χ1v) is 12.0. The molecule has 2 aromatic rings. The van der Waals surface area contributed by atoms with Crippen LogP contribution in [0.1, 0.15) is 43.0 Å². The van der Waals surface area contributed by atoms with Crippen LogP contribution in [-0.4, -0.2) is 52.5 Å². The van der Waals surface area contributed by atoms with E-state index in [1.807, 2.05) is 6.92 Å². The predicted molar refractivity (Wildman–Crippen MR) is 122 cm³/mol. The third-order valence-electron chi connectivity index (χ3n) is 5.69. The fraction of sp³-hybridized carbons (Fsp3) is 0.435. The van der Waals surface area contributed by atoms with Gasteiger partial charge in [-0.15, -0.1) is 0 Å². The van der Waals surface area contributed by atoms with E-state index in [9.17, 15) is 13.2 Å². The number of methoxy groups -OCH3 is 3. The van der Waals surface area contributed by atoms with E-state index in [-0.39, 0.29) is 16.8 Å². The van der Waals surface area contributed by atoms with Gasteiger partial charge in [0.1, 0.15) is 0 Å². The molecule has 1 N–H and O–H groups in total. The lowest BCUT2D eigenvalue weighted by molar-refractivity contribution is 0.102. The summed E-state index contributed by atoms with van der Waals surface area (Å²) in [4.78, 5) is 13.0. The van der Waals surface area contributed by atoms with Crippen molar-refractivity contribution in [3.05, 3.63) is 42.0 Å². The molecule has 1 atom stereocenters. The fourth-order valence-corrected chi connectivity index (χ4v) is 5.73. The minimum absolute atomic E-state index is 0.0353. The number of anilines is 1. The van der Waals surface area contributed by atoms with Crippen molar-refractivity contribution in [2.24, 2.45) is 0 Å². The molecule has 0 saturated carbocycles. The highest BCUT2D eigenvalue weighted by atomic mass is 32.2. The van der Waals surface area contributed by atoms with Gasteiger partial charge >= 0.3 is 0 Å². The Morgan fingerprint density at radius 3 is 2.19 bits per heavy atom. The minimum atomic E-state index is -3.57. The first kappa shape index (κ1) is 23.9. The summed E-state index contributed by atoms with van der Waals surface area (Å²) in [7, 11) is 0.867. The van der Waals surface area contributed by atoms with Crippen molar-refractivity contribution < 1.29 is 27.4 Å². The summed E-state index contributed by atoms with van der Waals surface area (Å²) in [5, 5.41) is 2.78. The highest BCUT2D eigenvalue weighted by Gasteiger charge is 2.32. The zero-order chi connectivity index (χ0) is 23.3. The Bertz CT molecular complexity index is 1030. The van der Waals surface area contributed by atoms with E-state index in [0.717, 1.165) is 25.7 Å². The van der Waals surface area contributed by atoms with E-state index in [1.165, 1.54) is 33.5 Å². The second kappa shape index (κ2) is 10.2. The number of nitrogens with zero attached hydrogens (tertiary/aromatic N) is 1. The Hall–Kier alpha value is -2.78. The molecule has 0 spiro atoms. The van der Waals surface area contributed by atoms with Gasteiger partial charge < -0.3 is 19.5 Å². The van der Waals surface area contributed by atoms with E-state index in [1.54, 1.807) is 28.6 Å². The highest BCUT2D eigenvalue weighted by molar-refractivity contribution is 7.89. The lowest BCUT2D eigenvalue weighted by atomic mass is 10.0. The Labute approximate surface area is 189 Å². The molecule has 1 heterocycles. The molecule has 0 bridgehead atoms. The summed E-state index contributed by atoms with van der Waals surface area (Å²) >= 11 is 0. The zero-order valence-electron chi connectivity index (χ0n) is 18.9. The summed E-state index contributed by atoms with van der Waals surface area (Å²) in [6.45, 7) is 2.56.